The highest BCUT2D eigenvalue weighted by Gasteiger charge is 2.23. The van der Waals surface area contributed by atoms with Crippen LogP contribution in [0.2, 0.25) is 0 Å². The number of fused-ring (bicyclic) bond motifs is 2. The Labute approximate surface area is 141 Å². The maximum absolute atomic E-state index is 13.7. The molecule has 0 N–H and O–H groups in total. The number of hydrogen-bond donors (Lipinski definition) is 0. The lowest BCUT2D eigenvalue weighted by Gasteiger charge is -2.12. The minimum Gasteiger partial charge on any atom is -0.488 e. The Kier molecular flexibility index (Phi) is 4.18. The minimum absolute atomic E-state index is 0.233. The van der Waals surface area contributed by atoms with Crippen molar-refractivity contribution in [3.8, 4) is 11.8 Å². The molecule has 0 spiro atoms. The number of rotatable bonds is 1. The summed E-state index contributed by atoms with van der Waals surface area (Å²) in [5.41, 5.74) is 4.14. The SMILES string of the molecule is CC(C#N)=C1c2ccc(CBr)cc2COc2cc(F)c(F)cc21. The first-order chi connectivity index (χ1) is 11.0. The predicted octanol–water partition coefficient (Wildman–Crippen LogP) is 5.10. The molecule has 0 saturated heterocycles. The first kappa shape index (κ1) is 15.7. The normalized spacial score (nSPS) is 14.9. The zero-order valence-corrected chi connectivity index (χ0v) is 13.9. The number of nitrogens with zero attached hydrogens (tertiary/aromatic N) is 1. The van der Waals surface area contributed by atoms with Crippen LogP contribution in [0.3, 0.4) is 0 Å². The van der Waals surface area contributed by atoms with E-state index < -0.39 is 11.6 Å². The second kappa shape index (κ2) is 6.13. The largest absolute Gasteiger partial charge is 0.488 e. The van der Waals surface area contributed by atoms with E-state index >= 15 is 0 Å². The summed E-state index contributed by atoms with van der Waals surface area (Å²) in [6.07, 6.45) is 0. The van der Waals surface area contributed by atoms with Gasteiger partial charge in [0.05, 0.1) is 6.07 Å². The molecule has 0 fully saturated rings. The van der Waals surface area contributed by atoms with Crippen LogP contribution in [-0.2, 0) is 11.9 Å². The van der Waals surface area contributed by atoms with Crippen LogP contribution in [0.4, 0.5) is 8.78 Å². The molecule has 0 atom stereocenters. The number of ether oxygens (including phenoxy) is 1. The van der Waals surface area contributed by atoms with Crippen LogP contribution in [-0.4, -0.2) is 0 Å². The van der Waals surface area contributed by atoms with Crippen molar-refractivity contribution in [2.24, 2.45) is 0 Å². The van der Waals surface area contributed by atoms with E-state index in [1.54, 1.807) is 6.92 Å². The third-order valence-electron chi connectivity index (χ3n) is 3.81. The van der Waals surface area contributed by atoms with E-state index in [0.717, 1.165) is 28.8 Å². The molecular formula is C18H12BrF2NO. The summed E-state index contributed by atoms with van der Waals surface area (Å²) in [6.45, 7) is 1.89. The molecule has 0 amide bonds. The molecule has 1 aliphatic rings. The van der Waals surface area contributed by atoms with Crippen molar-refractivity contribution in [2.75, 3.05) is 0 Å². The maximum Gasteiger partial charge on any atom is 0.162 e. The molecule has 116 valence electrons. The molecule has 3 rings (SSSR count). The highest BCUT2D eigenvalue weighted by Crippen LogP contribution is 2.39. The zero-order chi connectivity index (χ0) is 16.6. The lowest BCUT2D eigenvalue weighted by molar-refractivity contribution is 0.304. The second-order valence-corrected chi connectivity index (χ2v) is 5.85. The van der Waals surface area contributed by atoms with Gasteiger partial charge in [-0.15, -0.1) is 0 Å². The van der Waals surface area contributed by atoms with Crippen molar-refractivity contribution in [3.63, 3.8) is 0 Å². The fourth-order valence-corrected chi connectivity index (χ4v) is 3.05. The summed E-state index contributed by atoms with van der Waals surface area (Å²) < 4.78 is 33.0. The van der Waals surface area contributed by atoms with Crippen LogP contribution in [0, 0.1) is 23.0 Å². The fraction of sp³-hybridized carbons (Fsp3) is 0.167. The summed E-state index contributed by atoms with van der Waals surface area (Å²) in [7, 11) is 0. The van der Waals surface area contributed by atoms with Gasteiger partial charge in [0.1, 0.15) is 12.4 Å². The third-order valence-corrected chi connectivity index (χ3v) is 4.46. The Bertz CT molecular complexity index is 868. The van der Waals surface area contributed by atoms with Crippen molar-refractivity contribution in [2.45, 2.75) is 18.9 Å². The van der Waals surface area contributed by atoms with Gasteiger partial charge in [0.25, 0.3) is 0 Å². The molecular weight excluding hydrogens is 364 g/mol. The number of alkyl halides is 1. The van der Waals surface area contributed by atoms with Crippen molar-refractivity contribution in [1.29, 1.82) is 5.26 Å². The lowest BCUT2D eigenvalue weighted by atomic mass is 9.90. The van der Waals surface area contributed by atoms with Gasteiger partial charge in [-0.1, -0.05) is 34.1 Å². The Morgan fingerprint density at radius 1 is 1.22 bits per heavy atom. The number of hydrogen-bond acceptors (Lipinski definition) is 2. The number of halogens is 3. The second-order valence-electron chi connectivity index (χ2n) is 5.29. The lowest BCUT2D eigenvalue weighted by Crippen LogP contribution is -1.97. The first-order valence-electron chi connectivity index (χ1n) is 6.96. The predicted molar refractivity (Wildman–Crippen MR) is 87.1 cm³/mol. The van der Waals surface area contributed by atoms with E-state index in [1.165, 1.54) is 0 Å². The van der Waals surface area contributed by atoms with E-state index in [2.05, 4.69) is 22.0 Å². The number of benzene rings is 2. The summed E-state index contributed by atoms with van der Waals surface area (Å²) >= 11 is 3.41. The molecule has 0 unspecified atom stereocenters. The molecule has 0 aliphatic carbocycles. The summed E-state index contributed by atoms with van der Waals surface area (Å²) in [5, 5.41) is 10.0. The molecule has 2 nitrogen and oxygen atoms in total. The molecule has 0 radical (unpaired) electrons. The summed E-state index contributed by atoms with van der Waals surface area (Å²) in [4.78, 5) is 0. The standard InChI is InChI=1S/C18H12BrF2NO/c1-10(8-22)18-13-3-2-11(7-19)4-12(13)9-23-17-6-16(21)15(20)5-14(17)18/h2-6H,7,9H2,1H3. The van der Waals surface area contributed by atoms with Gasteiger partial charge >= 0.3 is 0 Å². The molecule has 2 aromatic carbocycles. The van der Waals surface area contributed by atoms with E-state index in [-0.39, 0.29) is 12.4 Å². The monoisotopic (exact) mass is 375 g/mol. The average molecular weight is 376 g/mol. The van der Waals surface area contributed by atoms with Gasteiger partial charge in [-0.3, -0.25) is 0 Å². The van der Waals surface area contributed by atoms with Crippen LogP contribution in [0.1, 0.15) is 29.2 Å². The minimum atomic E-state index is -0.968. The molecule has 23 heavy (non-hydrogen) atoms. The van der Waals surface area contributed by atoms with Crippen LogP contribution in [0.15, 0.2) is 35.9 Å². The highest BCUT2D eigenvalue weighted by atomic mass is 79.9. The number of nitriles is 1. The van der Waals surface area contributed by atoms with Crippen molar-refractivity contribution in [3.05, 3.63) is 69.8 Å². The molecule has 1 aliphatic heterocycles. The smallest absolute Gasteiger partial charge is 0.162 e. The van der Waals surface area contributed by atoms with Gasteiger partial charge < -0.3 is 4.74 Å². The van der Waals surface area contributed by atoms with Crippen LogP contribution >= 0.6 is 15.9 Å². The Balaban J connectivity index is 2.33. The van der Waals surface area contributed by atoms with Gasteiger partial charge in [-0.25, -0.2) is 8.78 Å². The van der Waals surface area contributed by atoms with Crippen molar-refractivity contribution in [1.82, 2.24) is 0 Å². The van der Waals surface area contributed by atoms with Gasteiger partial charge in [-0.2, -0.15) is 5.26 Å². The Morgan fingerprint density at radius 2 is 1.96 bits per heavy atom. The molecule has 2 aromatic rings. The molecule has 0 bridgehead atoms. The Morgan fingerprint density at radius 3 is 2.65 bits per heavy atom. The fourth-order valence-electron chi connectivity index (χ4n) is 2.70. The van der Waals surface area contributed by atoms with E-state index in [4.69, 9.17) is 4.74 Å². The Hall–Kier alpha value is -2.19. The van der Waals surface area contributed by atoms with E-state index in [1.807, 2.05) is 18.2 Å². The van der Waals surface area contributed by atoms with Gasteiger partial charge in [-0.05, 0) is 29.7 Å². The third kappa shape index (κ3) is 2.75. The summed E-state index contributed by atoms with van der Waals surface area (Å²) in [5.74, 6) is -1.69. The van der Waals surface area contributed by atoms with Crippen molar-refractivity contribution >= 4 is 21.5 Å². The summed E-state index contributed by atoms with van der Waals surface area (Å²) in [6, 6.07) is 10.0. The van der Waals surface area contributed by atoms with Crippen LogP contribution in [0.25, 0.3) is 5.57 Å². The van der Waals surface area contributed by atoms with Gasteiger partial charge in [0.2, 0.25) is 0 Å². The van der Waals surface area contributed by atoms with Crippen LogP contribution in [0.5, 0.6) is 5.75 Å². The molecule has 0 saturated carbocycles. The average Bonchev–Trinajstić information content (AvgIpc) is 2.71. The first-order valence-corrected chi connectivity index (χ1v) is 8.08. The maximum atomic E-state index is 13.7. The van der Waals surface area contributed by atoms with Gasteiger partial charge in [0, 0.05) is 28.1 Å². The molecule has 0 aromatic heterocycles. The molecule has 5 heteroatoms. The van der Waals surface area contributed by atoms with Crippen molar-refractivity contribution < 1.29 is 13.5 Å². The van der Waals surface area contributed by atoms with E-state index in [9.17, 15) is 14.0 Å². The topological polar surface area (TPSA) is 33.0 Å². The van der Waals surface area contributed by atoms with E-state index in [0.29, 0.717) is 22.0 Å². The zero-order valence-electron chi connectivity index (χ0n) is 12.3. The number of allylic oxidation sites excluding steroid dienone is 1. The highest BCUT2D eigenvalue weighted by molar-refractivity contribution is 9.08. The van der Waals surface area contributed by atoms with Gasteiger partial charge in [0.15, 0.2) is 11.6 Å². The molecule has 1 heterocycles. The van der Waals surface area contributed by atoms with Crippen LogP contribution < -0.4 is 4.74 Å². The quantitative estimate of drug-likeness (QED) is 0.513.